The highest BCUT2D eigenvalue weighted by atomic mass is 19.1. The summed E-state index contributed by atoms with van der Waals surface area (Å²) >= 11 is 0. The molecule has 0 aromatic heterocycles. The van der Waals surface area contributed by atoms with Crippen molar-refractivity contribution in [3.8, 4) is 6.07 Å². The number of amides is 1. The Morgan fingerprint density at radius 3 is 2.77 bits per heavy atom. The van der Waals surface area contributed by atoms with Crippen LogP contribution >= 0.6 is 0 Å². The fraction of sp³-hybridized carbons (Fsp3) is 0.333. The van der Waals surface area contributed by atoms with Crippen LogP contribution < -0.4 is 0 Å². The molecule has 4 nitrogen and oxygen atoms in total. The molecule has 0 bridgehead atoms. The minimum absolute atomic E-state index is 0.0507. The van der Waals surface area contributed by atoms with Gasteiger partial charge in [-0.15, -0.1) is 0 Å². The zero-order valence-corrected chi connectivity index (χ0v) is 14.9. The third kappa shape index (κ3) is 3.92. The Bertz CT molecular complexity index is 830. The minimum atomic E-state index is -0.193. The lowest BCUT2D eigenvalue weighted by molar-refractivity contribution is 0.0607. The van der Waals surface area contributed by atoms with E-state index in [0.29, 0.717) is 29.8 Å². The molecule has 3 rings (SSSR count). The summed E-state index contributed by atoms with van der Waals surface area (Å²) in [5.74, 6) is -0.332. The van der Waals surface area contributed by atoms with Crippen LogP contribution in [-0.2, 0) is 6.54 Å². The molecular formula is C21H22FN3O. The largest absolute Gasteiger partial charge is 0.337 e. The first-order chi connectivity index (χ1) is 12.6. The van der Waals surface area contributed by atoms with Gasteiger partial charge in [0.1, 0.15) is 5.82 Å². The van der Waals surface area contributed by atoms with Crippen LogP contribution in [-0.4, -0.2) is 41.9 Å². The first-order valence-electron chi connectivity index (χ1n) is 8.82. The molecule has 0 unspecified atom stereocenters. The van der Waals surface area contributed by atoms with Crippen molar-refractivity contribution in [2.24, 2.45) is 0 Å². The van der Waals surface area contributed by atoms with Gasteiger partial charge in [0.15, 0.2) is 0 Å². The van der Waals surface area contributed by atoms with Crippen LogP contribution in [0.1, 0.15) is 34.3 Å². The minimum Gasteiger partial charge on any atom is -0.337 e. The number of nitrogens with zero attached hydrogens (tertiary/aromatic N) is 3. The molecule has 0 radical (unpaired) electrons. The van der Waals surface area contributed by atoms with Gasteiger partial charge >= 0.3 is 0 Å². The van der Waals surface area contributed by atoms with Gasteiger partial charge in [-0.3, -0.25) is 9.69 Å². The smallest absolute Gasteiger partial charge is 0.255 e. The summed E-state index contributed by atoms with van der Waals surface area (Å²) in [6.45, 7) is 2.13. The molecule has 1 fully saturated rings. The normalized spacial score (nSPS) is 17.5. The third-order valence-corrected chi connectivity index (χ3v) is 4.98. The standard InChI is InChI=1S/C21H22FN3O/c1-24(21(26)19-10-4-2-7-16(19)13-23)18-9-6-12-25(15-18)14-17-8-3-5-11-20(17)22/h2-5,7-8,10-11,18H,6,9,12,14-15H2,1H3/t18-/m1/s1. The van der Waals surface area contributed by atoms with Crippen LogP contribution in [0.5, 0.6) is 0 Å². The molecule has 1 saturated heterocycles. The van der Waals surface area contributed by atoms with E-state index in [4.69, 9.17) is 0 Å². The molecule has 2 aromatic carbocycles. The Morgan fingerprint density at radius 2 is 2.00 bits per heavy atom. The van der Waals surface area contributed by atoms with E-state index in [0.717, 1.165) is 19.4 Å². The predicted octanol–water partition coefficient (Wildman–Crippen LogP) is 3.43. The Hall–Kier alpha value is -2.71. The maximum absolute atomic E-state index is 13.9. The van der Waals surface area contributed by atoms with Gasteiger partial charge in [-0.1, -0.05) is 30.3 Å². The van der Waals surface area contributed by atoms with E-state index < -0.39 is 0 Å². The average molecular weight is 351 g/mol. The molecule has 2 aromatic rings. The van der Waals surface area contributed by atoms with Gasteiger partial charge in [0, 0.05) is 31.7 Å². The number of hydrogen-bond donors (Lipinski definition) is 0. The van der Waals surface area contributed by atoms with Crippen LogP contribution in [0.4, 0.5) is 4.39 Å². The van der Waals surface area contributed by atoms with E-state index in [1.54, 1.807) is 48.3 Å². The van der Waals surface area contributed by atoms with Crippen molar-refractivity contribution in [2.75, 3.05) is 20.1 Å². The number of halogens is 1. The monoisotopic (exact) mass is 351 g/mol. The number of rotatable bonds is 4. The maximum Gasteiger partial charge on any atom is 0.255 e. The summed E-state index contributed by atoms with van der Waals surface area (Å²) in [6.07, 6.45) is 1.86. The molecule has 1 aliphatic heterocycles. The number of likely N-dealkylation sites (N-methyl/N-ethyl adjacent to an activating group) is 1. The lowest BCUT2D eigenvalue weighted by Gasteiger charge is -2.37. The van der Waals surface area contributed by atoms with Crippen molar-refractivity contribution in [1.29, 1.82) is 5.26 Å². The third-order valence-electron chi connectivity index (χ3n) is 4.98. The number of carbonyl (C=O) groups is 1. The summed E-state index contributed by atoms with van der Waals surface area (Å²) in [7, 11) is 1.79. The molecule has 134 valence electrons. The van der Waals surface area contributed by atoms with E-state index in [2.05, 4.69) is 11.0 Å². The SMILES string of the molecule is CN(C(=O)c1ccccc1C#N)[C@@H]1CCCN(Cc2ccccc2F)C1. The number of likely N-dealkylation sites (tertiary alicyclic amines) is 1. The highest BCUT2D eigenvalue weighted by molar-refractivity contribution is 5.96. The van der Waals surface area contributed by atoms with Gasteiger partial charge in [-0.05, 0) is 37.6 Å². The van der Waals surface area contributed by atoms with Crippen LogP contribution in [0.2, 0.25) is 0 Å². The zero-order valence-electron chi connectivity index (χ0n) is 14.9. The summed E-state index contributed by atoms with van der Waals surface area (Å²) < 4.78 is 13.9. The lowest BCUT2D eigenvalue weighted by atomic mass is 10.0. The molecular weight excluding hydrogens is 329 g/mol. The summed E-state index contributed by atoms with van der Waals surface area (Å²) in [5.41, 5.74) is 1.50. The molecule has 5 heteroatoms. The fourth-order valence-corrected chi connectivity index (χ4v) is 3.48. The second-order valence-corrected chi connectivity index (χ2v) is 6.70. The van der Waals surface area contributed by atoms with E-state index in [-0.39, 0.29) is 17.8 Å². The predicted molar refractivity (Wildman–Crippen MR) is 97.9 cm³/mol. The number of nitriles is 1. The first kappa shape index (κ1) is 18.1. The number of piperidine rings is 1. The highest BCUT2D eigenvalue weighted by Gasteiger charge is 2.28. The molecule has 26 heavy (non-hydrogen) atoms. The average Bonchev–Trinajstić information content (AvgIpc) is 2.69. The van der Waals surface area contributed by atoms with Gasteiger partial charge in [-0.2, -0.15) is 5.26 Å². The van der Waals surface area contributed by atoms with E-state index in [1.807, 2.05) is 6.07 Å². The summed E-state index contributed by atoms with van der Waals surface area (Å²) in [6, 6.07) is 15.8. The van der Waals surface area contributed by atoms with Crippen molar-refractivity contribution in [1.82, 2.24) is 9.80 Å². The molecule has 0 aliphatic carbocycles. The molecule has 1 aliphatic rings. The first-order valence-corrected chi connectivity index (χ1v) is 8.82. The molecule has 1 atom stereocenters. The molecule has 0 N–H and O–H groups in total. The molecule has 0 spiro atoms. The molecule has 1 heterocycles. The fourth-order valence-electron chi connectivity index (χ4n) is 3.48. The van der Waals surface area contributed by atoms with Gasteiger partial charge in [0.2, 0.25) is 0 Å². The Morgan fingerprint density at radius 1 is 1.27 bits per heavy atom. The molecule has 1 amide bonds. The van der Waals surface area contributed by atoms with Gasteiger partial charge in [-0.25, -0.2) is 4.39 Å². The molecule has 0 saturated carbocycles. The topological polar surface area (TPSA) is 47.3 Å². The van der Waals surface area contributed by atoms with E-state index >= 15 is 0 Å². The number of carbonyl (C=O) groups excluding carboxylic acids is 1. The quantitative estimate of drug-likeness (QED) is 0.848. The van der Waals surface area contributed by atoms with Crippen LogP contribution in [0.3, 0.4) is 0 Å². The lowest BCUT2D eigenvalue weighted by Crippen LogP contribution is -2.48. The van der Waals surface area contributed by atoms with Gasteiger partial charge < -0.3 is 4.90 Å². The van der Waals surface area contributed by atoms with Crippen molar-refractivity contribution < 1.29 is 9.18 Å². The Labute approximate surface area is 153 Å². The second-order valence-electron chi connectivity index (χ2n) is 6.70. The second kappa shape index (κ2) is 8.11. The highest BCUT2D eigenvalue weighted by Crippen LogP contribution is 2.20. The van der Waals surface area contributed by atoms with Crippen LogP contribution in [0.25, 0.3) is 0 Å². The van der Waals surface area contributed by atoms with Crippen LogP contribution in [0.15, 0.2) is 48.5 Å². The van der Waals surface area contributed by atoms with Crippen molar-refractivity contribution in [2.45, 2.75) is 25.4 Å². The van der Waals surface area contributed by atoms with E-state index in [1.165, 1.54) is 6.07 Å². The zero-order chi connectivity index (χ0) is 18.5. The number of hydrogen-bond acceptors (Lipinski definition) is 3. The Kier molecular flexibility index (Phi) is 5.65. The Balaban J connectivity index is 1.70. The maximum atomic E-state index is 13.9. The summed E-state index contributed by atoms with van der Waals surface area (Å²) in [4.78, 5) is 16.8. The van der Waals surface area contributed by atoms with E-state index in [9.17, 15) is 14.4 Å². The van der Waals surface area contributed by atoms with Crippen LogP contribution in [0, 0.1) is 17.1 Å². The summed E-state index contributed by atoms with van der Waals surface area (Å²) in [5, 5.41) is 9.23. The van der Waals surface area contributed by atoms with Gasteiger partial charge in [0.25, 0.3) is 5.91 Å². The van der Waals surface area contributed by atoms with Crippen molar-refractivity contribution in [3.63, 3.8) is 0 Å². The number of benzene rings is 2. The van der Waals surface area contributed by atoms with Gasteiger partial charge in [0.05, 0.1) is 17.2 Å². The van der Waals surface area contributed by atoms with Crippen molar-refractivity contribution in [3.05, 3.63) is 71.0 Å². The van der Waals surface area contributed by atoms with Crippen molar-refractivity contribution >= 4 is 5.91 Å².